The zero-order chi connectivity index (χ0) is 12.0. The normalized spacial score (nSPS) is 12.9. The molecule has 0 spiro atoms. The van der Waals surface area contributed by atoms with Gasteiger partial charge in [0.2, 0.25) is 0 Å². The molecule has 0 heterocycles. The first kappa shape index (κ1) is 13.0. The lowest BCUT2D eigenvalue weighted by atomic mass is 10.2. The van der Waals surface area contributed by atoms with Crippen LogP contribution in [0.5, 0.6) is 0 Å². The quantitative estimate of drug-likeness (QED) is 0.826. The van der Waals surface area contributed by atoms with Gasteiger partial charge in [-0.05, 0) is 43.2 Å². The molecule has 0 radical (unpaired) electrons. The van der Waals surface area contributed by atoms with Crippen LogP contribution in [0.4, 0.5) is 5.69 Å². The summed E-state index contributed by atoms with van der Waals surface area (Å²) in [6.07, 6.45) is 3.71. The van der Waals surface area contributed by atoms with Gasteiger partial charge in [-0.1, -0.05) is 29.8 Å². The Bertz CT molecular complexity index is 391. The molecule has 1 rings (SSSR count). The summed E-state index contributed by atoms with van der Waals surface area (Å²) in [5, 5.41) is 0. The second-order valence-electron chi connectivity index (χ2n) is 3.51. The highest BCUT2D eigenvalue weighted by atomic mass is 79.9. The van der Waals surface area contributed by atoms with Crippen molar-refractivity contribution in [1.29, 1.82) is 0 Å². The molecule has 0 aliphatic rings. The molecule has 0 saturated heterocycles. The van der Waals surface area contributed by atoms with E-state index in [0.717, 1.165) is 34.4 Å². The summed E-state index contributed by atoms with van der Waals surface area (Å²) in [5.41, 5.74) is 8.65. The minimum absolute atomic E-state index is 0.860. The molecule has 0 amide bonds. The number of aliphatic imine (C=N–C) groups is 1. The zero-order valence-corrected chi connectivity index (χ0v) is 11.3. The van der Waals surface area contributed by atoms with E-state index >= 15 is 0 Å². The van der Waals surface area contributed by atoms with Crippen molar-refractivity contribution in [2.45, 2.75) is 26.7 Å². The fourth-order valence-electron chi connectivity index (χ4n) is 1.21. The Morgan fingerprint density at radius 1 is 1.25 bits per heavy atom. The second kappa shape index (κ2) is 6.48. The molecule has 2 N–H and O–H groups in total. The molecule has 16 heavy (non-hydrogen) atoms. The fraction of sp³-hybridized carbons (Fsp3) is 0.308. The van der Waals surface area contributed by atoms with Crippen LogP contribution in [-0.4, -0.2) is 5.71 Å². The monoisotopic (exact) mass is 280 g/mol. The van der Waals surface area contributed by atoms with Crippen molar-refractivity contribution in [2.24, 2.45) is 10.7 Å². The highest BCUT2D eigenvalue weighted by Gasteiger charge is 1.95. The van der Waals surface area contributed by atoms with Crippen LogP contribution in [0.15, 0.2) is 45.5 Å². The third kappa shape index (κ3) is 4.19. The predicted molar refractivity (Wildman–Crippen MR) is 74.1 cm³/mol. The lowest BCUT2D eigenvalue weighted by Crippen LogP contribution is -2.00. The molecular weight excluding hydrogens is 264 g/mol. The minimum Gasteiger partial charge on any atom is -0.402 e. The summed E-state index contributed by atoms with van der Waals surface area (Å²) in [4.78, 5) is 4.55. The Morgan fingerprint density at radius 3 is 2.38 bits per heavy atom. The van der Waals surface area contributed by atoms with Crippen molar-refractivity contribution in [3.8, 4) is 0 Å². The number of benzene rings is 1. The molecule has 0 bridgehead atoms. The molecule has 86 valence electrons. The molecular formula is C13H17BrN2. The van der Waals surface area contributed by atoms with E-state index in [1.54, 1.807) is 0 Å². The summed E-state index contributed by atoms with van der Waals surface area (Å²) < 4.78 is 1.06. The van der Waals surface area contributed by atoms with Crippen LogP contribution in [-0.2, 0) is 0 Å². The van der Waals surface area contributed by atoms with Gasteiger partial charge in [0.25, 0.3) is 0 Å². The maximum Gasteiger partial charge on any atom is 0.0633 e. The maximum absolute atomic E-state index is 5.80. The number of hydrogen-bond acceptors (Lipinski definition) is 2. The van der Waals surface area contributed by atoms with Crippen molar-refractivity contribution < 1.29 is 0 Å². The van der Waals surface area contributed by atoms with E-state index in [1.807, 2.05) is 37.3 Å². The summed E-state index contributed by atoms with van der Waals surface area (Å²) in [5.74, 6) is 0. The minimum atomic E-state index is 0.860. The summed E-state index contributed by atoms with van der Waals surface area (Å²) in [7, 11) is 0. The number of allylic oxidation sites excluding steroid dienone is 2. The van der Waals surface area contributed by atoms with Crippen LogP contribution in [0.1, 0.15) is 26.7 Å². The van der Waals surface area contributed by atoms with Gasteiger partial charge in [-0.25, -0.2) is 0 Å². The van der Waals surface area contributed by atoms with Crippen molar-refractivity contribution in [1.82, 2.24) is 0 Å². The average Bonchev–Trinajstić information content (AvgIpc) is 2.30. The van der Waals surface area contributed by atoms with Crippen LogP contribution in [0.2, 0.25) is 0 Å². The Labute approximate surface area is 105 Å². The van der Waals surface area contributed by atoms with E-state index in [-0.39, 0.29) is 0 Å². The van der Waals surface area contributed by atoms with Gasteiger partial charge in [-0.15, -0.1) is 0 Å². The number of nitrogens with two attached hydrogens (primary N) is 1. The Morgan fingerprint density at radius 2 is 1.88 bits per heavy atom. The van der Waals surface area contributed by atoms with Crippen molar-refractivity contribution in [3.05, 3.63) is 40.5 Å². The van der Waals surface area contributed by atoms with E-state index in [0.29, 0.717) is 0 Å². The van der Waals surface area contributed by atoms with Gasteiger partial charge in [-0.2, -0.15) is 0 Å². The largest absolute Gasteiger partial charge is 0.402 e. The second-order valence-corrected chi connectivity index (χ2v) is 4.42. The van der Waals surface area contributed by atoms with Crippen molar-refractivity contribution in [3.63, 3.8) is 0 Å². The topological polar surface area (TPSA) is 38.4 Å². The number of rotatable bonds is 4. The first-order valence-corrected chi connectivity index (χ1v) is 6.24. The summed E-state index contributed by atoms with van der Waals surface area (Å²) >= 11 is 3.40. The lowest BCUT2D eigenvalue weighted by molar-refractivity contribution is 1.07. The molecule has 2 nitrogen and oxygen atoms in total. The van der Waals surface area contributed by atoms with Crippen LogP contribution < -0.4 is 5.73 Å². The van der Waals surface area contributed by atoms with E-state index in [2.05, 4.69) is 27.8 Å². The molecule has 0 atom stereocenters. The van der Waals surface area contributed by atoms with Gasteiger partial charge in [-0.3, -0.25) is 4.99 Å². The first-order chi connectivity index (χ1) is 7.65. The van der Waals surface area contributed by atoms with Gasteiger partial charge in [0, 0.05) is 15.9 Å². The Kier molecular flexibility index (Phi) is 5.26. The van der Waals surface area contributed by atoms with Crippen LogP contribution in [0, 0.1) is 0 Å². The Balaban J connectivity index is 2.91. The Hall–Kier alpha value is -1.09. The van der Waals surface area contributed by atoms with Gasteiger partial charge in [0.15, 0.2) is 0 Å². The third-order valence-electron chi connectivity index (χ3n) is 2.22. The highest BCUT2D eigenvalue weighted by molar-refractivity contribution is 9.10. The van der Waals surface area contributed by atoms with Gasteiger partial charge in [0.1, 0.15) is 0 Å². The molecule has 0 aromatic heterocycles. The van der Waals surface area contributed by atoms with Gasteiger partial charge < -0.3 is 5.73 Å². The number of hydrogen-bond donors (Lipinski definition) is 1. The van der Waals surface area contributed by atoms with Gasteiger partial charge >= 0.3 is 0 Å². The van der Waals surface area contributed by atoms with Gasteiger partial charge in [0.05, 0.1) is 5.69 Å². The van der Waals surface area contributed by atoms with Crippen molar-refractivity contribution >= 4 is 27.3 Å². The van der Waals surface area contributed by atoms with Crippen LogP contribution in [0.25, 0.3) is 0 Å². The third-order valence-corrected chi connectivity index (χ3v) is 2.75. The molecule has 1 aromatic carbocycles. The number of halogens is 1. The standard InChI is InChI=1S/C13H17BrN2/c1-3-11(15)9-12(4-2)16-13-7-5-10(14)6-8-13/h5-9H,3-4,15H2,1-2H3/b11-9-,16-12?. The van der Waals surface area contributed by atoms with Crippen molar-refractivity contribution in [2.75, 3.05) is 0 Å². The molecule has 1 aromatic rings. The smallest absolute Gasteiger partial charge is 0.0633 e. The lowest BCUT2D eigenvalue weighted by Gasteiger charge is -2.01. The maximum atomic E-state index is 5.80. The molecule has 0 unspecified atom stereocenters. The SMILES string of the molecule is CCC(/C=C(\N)CC)=Nc1ccc(Br)cc1. The number of nitrogens with zero attached hydrogens (tertiary/aromatic N) is 1. The molecule has 0 aliphatic heterocycles. The highest BCUT2D eigenvalue weighted by Crippen LogP contribution is 2.17. The summed E-state index contributed by atoms with van der Waals surface area (Å²) in [6, 6.07) is 7.93. The van der Waals surface area contributed by atoms with E-state index in [1.165, 1.54) is 0 Å². The fourth-order valence-corrected chi connectivity index (χ4v) is 1.48. The van der Waals surface area contributed by atoms with Crippen LogP contribution >= 0.6 is 15.9 Å². The molecule has 0 saturated carbocycles. The van der Waals surface area contributed by atoms with E-state index in [9.17, 15) is 0 Å². The molecule has 0 fully saturated rings. The van der Waals surface area contributed by atoms with E-state index < -0.39 is 0 Å². The van der Waals surface area contributed by atoms with E-state index in [4.69, 9.17) is 5.73 Å². The molecule has 3 heteroatoms. The predicted octanol–water partition coefficient (Wildman–Crippen LogP) is 4.18. The molecule has 0 aliphatic carbocycles. The average molecular weight is 281 g/mol. The van der Waals surface area contributed by atoms with Crippen LogP contribution in [0.3, 0.4) is 0 Å². The first-order valence-electron chi connectivity index (χ1n) is 5.44. The zero-order valence-electron chi connectivity index (χ0n) is 9.70. The summed E-state index contributed by atoms with van der Waals surface area (Å²) in [6.45, 7) is 4.12.